The zero-order chi connectivity index (χ0) is 48.8. The van der Waals surface area contributed by atoms with Gasteiger partial charge in [0, 0.05) is 51.4 Å². The molecule has 0 saturated carbocycles. The summed E-state index contributed by atoms with van der Waals surface area (Å²) in [5.41, 5.74) is 0. The number of rotatable bonds is 32. The minimum atomic E-state index is -2.11. The summed E-state index contributed by atoms with van der Waals surface area (Å²) in [5.74, 6) is -16.9. The van der Waals surface area contributed by atoms with Gasteiger partial charge < -0.3 is 0 Å². The Kier molecular flexibility index (Phi) is 22.6. The van der Waals surface area contributed by atoms with Crippen LogP contribution in [0.5, 0.6) is 0 Å². The molecule has 384 valence electrons. The first-order chi connectivity index (χ1) is 33.0. The van der Waals surface area contributed by atoms with E-state index in [1.165, 1.54) is 0 Å². The molecule has 0 aromatic rings. The summed E-state index contributed by atoms with van der Waals surface area (Å²) in [5, 5.41) is 0. The lowest BCUT2D eigenvalue weighted by atomic mass is 10.1. The fourth-order valence-electron chi connectivity index (χ4n) is 8.44. The Hall–Kier alpha value is -2.56. The highest BCUT2D eigenvalue weighted by atomic mass is 17.2. The third-order valence-corrected chi connectivity index (χ3v) is 11.7. The van der Waals surface area contributed by atoms with Gasteiger partial charge in [-0.15, -0.1) is 0 Å². The van der Waals surface area contributed by atoms with Gasteiger partial charge in [-0.3, -0.25) is 56.8 Å². The molecule has 0 N–H and O–H groups in total. The summed E-state index contributed by atoms with van der Waals surface area (Å²) < 4.78 is 89.5. The molecule has 6 heterocycles. The van der Waals surface area contributed by atoms with Crippen LogP contribution in [0.15, 0.2) is 97.2 Å². The summed E-state index contributed by atoms with van der Waals surface area (Å²) in [4.78, 5) is 0. The molecule has 68 heavy (non-hydrogen) atoms. The Labute approximate surface area is 410 Å². The van der Waals surface area contributed by atoms with E-state index in [0.29, 0.717) is 0 Å². The Morgan fingerprint density at radius 3 is 0.368 bits per heavy atom. The van der Waals surface area contributed by atoms with Gasteiger partial charge in [0.05, 0.1) is 0 Å². The van der Waals surface area contributed by atoms with E-state index < -0.39 is 47.8 Å². The monoisotopic (exact) mass is 953 g/mol. The van der Waals surface area contributed by atoms with E-state index in [-0.39, 0.29) is 51.4 Å². The van der Waals surface area contributed by atoms with Crippen molar-refractivity contribution in [1.82, 2.24) is 0 Å². The van der Waals surface area contributed by atoms with Crippen LogP contribution in [0.1, 0.15) is 209 Å². The fraction of sp³-hybridized carbons (Fsp3) is 0.714. The number of unbranched alkanes of at least 4 members (excludes halogenated alkanes) is 8. The lowest BCUT2D eigenvalue weighted by Gasteiger charge is -2.65. The molecule has 0 spiro atoms. The molecule has 0 aliphatic carbocycles. The summed E-state index contributed by atoms with van der Waals surface area (Å²) in [6.45, 7) is 17.0. The van der Waals surface area contributed by atoms with Crippen LogP contribution in [0, 0.1) is 0 Å². The third kappa shape index (κ3) is 15.7. The summed E-state index contributed by atoms with van der Waals surface area (Å²) in [6.07, 6.45) is 46.4. The van der Waals surface area contributed by atoms with Crippen LogP contribution < -0.4 is 0 Å². The van der Waals surface area contributed by atoms with E-state index in [4.69, 9.17) is 56.8 Å². The minimum Gasteiger partial charge on any atom is -0.269 e. The Morgan fingerprint density at radius 1 is 0.176 bits per heavy atom. The molecule has 6 saturated heterocycles. The molecule has 0 aromatic carbocycles. The van der Waals surface area contributed by atoms with E-state index in [1.54, 1.807) is 0 Å². The molecule has 0 unspecified atom stereocenters. The number of ether oxygens (including phenoxy) is 12. The Bertz CT molecular complexity index is 1280. The van der Waals surface area contributed by atoms with Gasteiger partial charge >= 0.3 is 0 Å². The highest BCUT2D eigenvalue weighted by Gasteiger charge is 2.76. The van der Waals surface area contributed by atoms with Crippen molar-refractivity contribution < 1.29 is 56.8 Å². The van der Waals surface area contributed by atoms with Crippen molar-refractivity contribution in [1.29, 1.82) is 0 Å². The van der Waals surface area contributed by atoms with Crippen molar-refractivity contribution in [2.45, 2.75) is 257 Å². The maximum absolute atomic E-state index is 7.46. The molecule has 8 bridgehead atoms. The maximum atomic E-state index is 7.46. The quantitative estimate of drug-likeness (QED) is 0.0599. The molecular formula is C56H88O12. The first-order valence-electron chi connectivity index (χ1n) is 26.6. The smallest absolute Gasteiger partial charge is 0.269 e. The molecule has 6 rings (SSSR count). The number of hydrogen-bond donors (Lipinski definition) is 0. The topological polar surface area (TPSA) is 111 Å². The van der Waals surface area contributed by atoms with Crippen molar-refractivity contribution >= 4 is 0 Å². The van der Waals surface area contributed by atoms with Crippen molar-refractivity contribution in [3.8, 4) is 0 Å². The van der Waals surface area contributed by atoms with Crippen molar-refractivity contribution in [2.24, 2.45) is 0 Å². The SMILES string of the molecule is CCCC=CCC12OC3(CC=CCCC)OC4(CC=CCCC)OC(CC=CCCC)(O1)OC1(CC=CCCC)OC(CC=CCCC)(O2)OC(CC=CCCC)(O3)OC(CC=CCCC)(O4)O1. The third-order valence-electron chi connectivity index (χ3n) is 11.7. The van der Waals surface area contributed by atoms with Crippen LogP contribution in [0.2, 0.25) is 0 Å². The largest absolute Gasteiger partial charge is 0.299 e. The Balaban J connectivity index is 1.96. The lowest BCUT2D eigenvalue weighted by Crippen LogP contribution is -2.79. The summed E-state index contributed by atoms with van der Waals surface area (Å²) in [7, 11) is 0. The molecule has 6 aliphatic heterocycles. The lowest BCUT2D eigenvalue weighted by molar-refractivity contribution is -0.789. The predicted molar refractivity (Wildman–Crippen MR) is 264 cm³/mol. The first kappa shape index (κ1) is 56.4. The van der Waals surface area contributed by atoms with E-state index >= 15 is 0 Å². The van der Waals surface area contributed by atoms with Gasteiger partial charge in [-0.1, -0.05) is 204 Å². The van der Waals surface area contributed by atoms with Gasteiger partial charge in [-0.25, -0.2) is 0 Å². The van der Waals surface area contributed by atoms with Crippen LogP contribution in [0.25, 0.3) is 0 Å². The van der Waals surface area contributed by atoms with E-state index in [2.05, 4.69) is 104 Å². The summed E-state index contributed by atoms with van der Waals surface area (Å²) in [6, 6.07) is 0. The predicted octanol–water partition coefficient (Wildman–Crippen LogP) is 15.5. The second kappa shape index (κ2) is 27.3. The van der Waals surface area contributed by atoms with Crippen LogP contribution >= 0.6 is 0 Å². The van der Waals surface area contributed by atoms with Crippen molar-refractivity contribution in [3.63, 3.8) is 0 Å². The highest BCUT2D eigenvalue weighted by molar-refractivity contribution is 5.03. The molecule has 6 aliphatic rings. The molecular weight excluding hydrogens is 865 g/mol. The maximum Gasteiger partial charge on any atom is 0.299 e. The van der Waals surface area contributed by atoms with Gasteiger partial charge in [0.15, 0.2) is 0 Å². The average molecular weight is 953 g/mol. The molecule has 6 fully saturated rings. The molecule has 0 amide bonds. The molecule has 0 radical (unpaired) electrons. The molecule has 12 nitrogen and oxygen atoms in total. The fourth-order valence-corrected chi connectivity index (χ4v) is 8.44. The molecule has 0 atom stereocenters. The van der Waals surface area contributed by atoms with E-state index in [1.807, 2.05) is 48.6 Å². The van der Waals surface area contributed by atoms with Crippen molar-refractivity contribution in [2.75, 3.05) is 0 Å². The normalized spacial score (nSPS) is 35.2. The molecule has 12 heteroatoms. The standard InChI is InChI=1S/C56H88O12/c1-9-17-25-33-41-49-57-50(42-34-26-18-10-2)60-53(45-37-29-21-13-5)62-51(58-49,43-35-27-19-11-3)64-55(47-39-31-23-15-7)65-52(59-49,44-36-28-20-12-4)63-54(61-50,46-38-30-22-14-6)67-56(66-53,68-55)48-40-32-24-16-8/h25-40H,9-24,41-48H2,1-8H3. The van der Waals surface area contributed by atoms with Gasteiger partial charge in [-0.2, -0.15) is 0 Å². The van der Waals surface area contributed by atoms with Gasteiger partial charge in [0.1, 0.15) is 0 Å². The minimum absolute atomic E-state index is 0.0192. The van der Waals surface area contributed by atoms with Crippen LogP contribution in [-0.4, -0.2) is 47.8 Å². The Morgan fingerprint density at radius 2 is 0.279 bits per heavy atom. The van der Waals surface area contributed by atoms with E-state index in [9.17, 15) is 0 Å². The summed E-state index contributed by atoms with van der Waals surface area (Å²) >= 11 is 0. The first-order valence-corrected chi connectivity index (χ1v) is 26.6. The molecule has 0 aromatic heterocycles. The number of allylic oxidation sites excluding steroid dienone is 8. The average Bonchev–Trinajstić information content (AvgIpc) is 3.28. The van der Waals surface area contributed by atoms with Crippen LogP contribution in [0.4, 0.5) is 0 Å². The zero-order valence-corrected chi connectivity index (χ0v) is 43.1. The van der Waals surface area contributed by atoms with Gasteiger partial charge in [0.25, 0.3) is 47.8 Å². The van der Waals surface area contributed by atoms with Crippen molar-refractivity contribution in [3.05, 3.63) is 97.2 Å². The second-order valence-corrected chi connectivity index (χ2v) is 18.4. The van der Waals surface area contributed by atoms with Gasteiger partial charge in [-0.05, 0) is 51.4 Å². The zero-order valence-electron chi connectivity index (χ0n) is 43.1. The van der Waals surface area contributed by atoms with Gasteiger partial charge in [0.2, 0.25) is 0 Å². The second-order valence-electron chi connectivity index (χ2n) is 18.4. The van der Waals surface area contributed by atoms with Crippen LogP contribution in [0.3, 0.4) is 0 Å². The van der Waals surface area contributed by atoms with Crippen LogP contribution in [-0.2, 0) is 56.8 Å². The van der Waals surface area contributed by atoms with E-state index in [0.717, 1.165) is 103 Å². The number of hydrogen-bond acceptors (Lipinski definition) is 12. The highest BCUT2D eigenvalue weighted by Crippen LogP contribution is 2.61.